The monoisotopic (exact) mass is 471 g/mol. The van der Waals surface area contributed by atoms with Gasteiger partial charge in [0.15, 0.2) is 0 Å². The van der Waals surface area contributed by atoms with Gasteiger partial charge < -0.3 is 37.2 Å². The number of likely N-dealkylation sites (tertiary alicyclic amines) is 1. The van der Waals surface area contributed by atoms with Gasteiger partial charge in [0.25, 0.3) is 0 Å². The molecule has 1 heterocycles. The van der Waals surface area contributed by atoms with E-state index in [9.17, 15) is 33.9 Å². The highest BCUT2D eigenvalue weighted by molar-refractivity contribution is 5.94. The van der Waals surface area contributed by atoms with Crippen LogP contribution in [0.5, 0.6) is 0 Å². The van der Waals surface area contributed by atoms with E-state index < -0.39 is 66.2 Å². The van der Waals surface area contributed by atoms with Gasteiger partial charge in [0, 0.05) is 19.4 Å². The molecule has 0 aromatic heterocycles. The fourth-order valence-electron chi connectivity index (χ4n) is 3.41. The lowest BCUT2D eigenvalue weighted by molar-refractivity contribution is -0.145. The molecule has 13 nitrogen and oxygen atoms in total. The molecule has 0 bridgehead atoms. The zero-order valence-electron chi connectivity index (χ0n) is 18.8. The quantitative estimate of drug-likeness (QED) is 0.177. The summed E-state index contributed by atoms with van der Waals surface area (Å²) in [6.07, 6.45) is -0.345. The number of carbonyl (C=O) groups excluding carboxylic acids is 4. The van der Waals surface area contributed by atoms with Gasteiger partial charge in [0.05, 0.1) is 6.04 Å². The Morgan fingerprint density at radius 2 is 1.61 bits per heavy atom. The molecule has 1 rings (SSSR count). The van der Waals surface area contributed by atoms with Crippen LogP contribution in [0.4, 0.5) is 0 Å². The number of rotatable bonds is 13. The molecule has 0 unspecified atom stereocenters. The molecule has 4 amide bonds. The van der Waals surface area contributed by atoms with Crippen LogP contribution in [0.3, 0.4) is 0 Å². The number of nitrogens with two attached hydrogens (primary N) is 2. The number of nitrogens with one attached hydrogen (secondary N) is 2. The summed E-state index contributed by atoms with van der Waals surface area (Å²) >= 11 is 0. The summed E-state index contributed by atoms with van der Waals surface area (Å²) < 4.78 is 0. The normalized spacial score (nSPS) is 18.3. The van der Waals surface area contributed by atoms with E-state index in [4.69, 9.17) is 16.6 Å². The van der Waals surface area contributed by atoms with Crippen LogP contribution in [0.25, 0.3) is 0 Å². The molecule has 1 aliphatic rings. The van der Waals surface area contributed by atoms with Gasteiger partial charge in [-0.3, -0.25) is 24.0 Å². The molecule has 0 aromatic carbocycles. The van der Waals surface area contributed by atoms with Crippen molar-refractivity contribution in [1.82, 2.24) is 15.5 Å². The van der Waals surface area contributed by atoms with Crippen molar-refractivity contribution >= 4 is 35.6 Å². The van der Waals surface area contributed by atoms with Crippen molar-refractivity contribution in [2.45, 2.75) is 76.5 Å². The average molecular weight is 472 g/mol. The molecule has 4 atom stereocenters. The second-order valence-corrected chi connectivity index (χ2v) is 8.36. The Labute approximate surface area is 191 Å². The van der Waals surface area contributed by atoms with Crippen LogP contribution in [0.15, 0.2) is 0 Å². The van der Waals surface area contributed by atoms with Crippen LogP contribution in [0, 0.1) is 5.92 Å². The molecule has 0 aromatic rings. The SMILES string of the molecule is CC(C)[C@H](N)C(=O)N[C@@H](CCC(=O)O)C(=O)N1CCC[C@H]1C(=O)N[C@@H](CCC(N)=O)C(=O)O. The Bertz CT molecular complexity index is 772. The molecule has 13 heteroatoms. The van der Waals surface area contributed by atoms with Crippen LogP contribution >= 0.6 is 0 Å². The third-order valence-electron chi connectivity index (χ3n) is 5.41. The van der Waals surface area contributed by atoms with Crippen LogP contribution < -0.4 is 22.1 Å². The van der Waals surface area contributed by atoms with Gasteiger partial charge in [-0.2, -0.15) is 0 Å². The van der Waals surface area contributed by atoms with Gasteiger partial charge in [-0.1, -0.05) is 13.8 Å². The number of carboxylic acids is 2. The number of primary amides is 1. The number of hydrogen-bond donors (Lipinski definition) is 6. The third kappa shape index (κ3) is 8.67. The number of hydrogen-bond acceptors (Lipinski definition) is 7. The smallest absolute Gasteiger partial charge is 0.326 e. The standard InChI is InChI=1S/C20H33N5O8/c1-10(2)16(22)18(30)23-11(6-8-15(27)28)19(31)25-9-3-4-13(25)17(29)24-12(20(32)33)5-7-14(21)26/h10-13,16H,3-9,22H2,1-2H3,(H2,21,26)(H,23,30)(H,24,29)(H,27,28)(H,32,33)/t11-,12-,13-,16-/m0/s1. The minimum Gasteiger partial charge on any atom is -0.481 e. The van der Waals surface area contributed by atoms with Crippen molar-refractivity contribution in [3.63, 3.8) is 0 Å². The summed E-state index contributed by atoms with van der Waals surface area (Å²) in [6, 6.07) is -4.49. The van der Waals surface area contributed by atoms with E-state index in [-0.39, 0.29) is 38.1 Å². The molecule has 186 valence electrons. The first-order valence-electron chi connectivity index (χ1n) is 10.7. The van der Waals surface area contributed by atoms with Crippen LogP contribution in [0.2, 0.25) is 0 Å². The minimum absolute atomic E-state index is 0.172. The average Bonchev–Trinajstić information content (AvgIpc) is 3.22. The minimum atomic E-state index is -1.37. The van der Waals surface area contributed by atoms with Crippen molar-refractivity contribution in [3.8, 4) is 0 Å². The van der Waals surface area contributed by atoms with E-state index in [1.165, 1.54) is 4.90 Å². The van der Waals surface area contributed by atoms with Crippen molar-refractivity contribution in [3.05, 3.63) is 0 Å². The zero-order chi connectivity index (χ0) is 25.3. The number of carbonyl (C=O) groups is 6. The van der Waals surface area contributed by atoms with E-state index >= 15 is 0 Å². The first kappa shape index (κ1) is 27.8. The number of carboxylic acid groups (broad SMARTS) is 2. The fraction of sp³-hybridized carbons (Fsp3) is 0.700. The van der Waals surface area contributed by atoms with E-state index in [0.717, 1.165) is 0 Å². The largest absolute Gasteiger partial charge is 0.481 e. The first-order valence-corrected chi connectivity index (χ1v) is 10.7. The van der Waals surface area contributed by atoms with E-state index in [2.05, 4.69) is 10.6 Å². The fourth-order valence-corrected chi connectivity index (χ4v) is 3.41. The molecule has 0 radical (unpaired) electrons. The molecule has 1 fully saturated rings. The van der Waals surface area contributed by atoms with E-state index in [0.29, 0.717) is 6.42 Å². The first-order chi connectivity index (χ1) is 15.3. The van der Waals surface area contributed by atoms with Crippen molar-refractivity contribution in [2.75, 3.05) is 6.54 Å². The maximum Gasteiger partial charge on any atom is 0.326 e. The van der Waals surface area contributed by atoms with Gasteiger partial charge in [0.2, 0.25) is 23.6 Å². The topological polar surface area (TPSA) is 222 Å². The zero-order valence-corrected chi connectivity index (χ0v) is 18.8. The molecule has 33 heavy (non-hydrogen) atoms. The Balaban J connectivity index is 2.97. The summed E-state index contributed by atoms with van der Waals surface area (Å²) in [5.41, 5.74) is 10.9. The molecule has 0 spiro atoms. The highest BCUT2D eigenvalue weighted by atomic mass is 16.4. The second-order valence-electron chi connectivity index (χ2n) is 8.36. The van der Waals surface area contributed by atoms with Crippen LogP contribution in [-0.4, -0.2) is 81.4 Å². The number of nitrogens with zero attached hydrogens (tertiary/aromatic N) is 1. The molecule has 0 aliphatic carbocycles. The van der Waals surface area contributed by atoms with Gasteiger partial charge in [-0.25, -0.2) is 4.79 Å². The summed E-state index contributed by atoms with van der Waals surface area (Å²) in [4.78, 5) is 72.9. The Hall–Kier alpha value is -3.22. The highest BCUT2D eigenvalue weighted by Crippen LogP contribution is 2.20. The predicted molar refractivity (Wildman–Crippen MR) is 114 cm³/mol. The van der Waals surface area contributed by atoms with E-state index in [1.54, 1.807) is 13.8 Å². The lowest BCUT2D eigenvalue weighted by Gasteiger charge is -2.30. The number of amides is 4. The third-order valence-corrected chi connectivity index (χ3v) is 5.41. The summed E-state index contributed by atoms with van der Waals surface area (Å²) in [6.45, 7) is 3.61. The van der Waals surface area contributed by atoms with Crippen molar-refractivity contribution < 1.29 is 39.0 Å². The Morgan fingerprint density at radius 3 is 2.12 bits per heavy atom. The van der Waals surface area contributed by atoms with Crippen LogP contribution in [-0.2, 0) is 28.8 Å². The van der Waals surface area contributed by atoms with Gasteiger partial charge in [-0.05, 0) is 31.6 Å². The van der Waals surface area contributed by atoms with Gasteiger partial charge in [-0.15, -0.1) is 0 Å². The predicted octanol–water partition coefficient (Wildman–Crippen LogP) is -1.85. The molecular weight excluding hydrogens is 438 g/mol. The van der Waals surface area contributed by atoms with Crippen LogP contribution in [0.1, 0.15) is 52.4 Å². The number of aliphatic carboxylic acids is 2. The highest BCUT2D eigenvalue weighted by Gasteiger charge is 2.39. The summed E-state index contributed by atoms with van der Waals surface area (Å²) in [5, 5.41) is 23.1. The second kappa shape index (κ2) is 12.7. The summed E-state index contributed by atoms with van der Waals surface area (Å²) in [7, 11) is 0. The van der Waals surface area contributed by atoms with Gasteiger partial charge in [0.1, 0.15) is 18.1 Å². The van der Waals surface area contributed by atoms with Crippen molar-refractivity contribution in [1.29, 1.82) is 0 Å². The maximum absolute atomic E-state index is 13.2. The maximum atomic E-state index is 13.2. The van der Waals surface area contributed by atoms with Gasteiger partial charge >= 0.3 is 11.9 Å². The Morgan fingerprint density at radius 1 is 1.00 bits per heavy atom. The molecule has 1 saturated heterocycles. The molecular formula is C20H33N5O8. The molecule has 0 saturated carbocycles. The molecule has 1 aliphatic heterocycles. The van der Waals surface area contributed by atoms with Crippen molar-refractivity contribution in [2.24, 2.45) is 17.4 Å². The van der Waals surface area contributed by atoms with E-state index in [1.807, 2.05) is 0 Å². The lowest BCUT2D eigenvalue weighted by Crippen LogP contribution is -2.57. The lowest BCUT2D eigenvalue weighted by atomic mass is 10.0. The molecule has 8 N–H and O–H groups in total. The summed E-state index contributed by atoms with van der Waals surface area (Å²) in [5.74, 6) is -5.45. The Kier molecular flexibility index (Phi) is 10.7.